The number of hydrogen-bond donors (Lipinski definition) is 0. The average molecular weight is 254 g/mol. The van der Waals surface area contributed by atoms with Crippen LogP contribution in [0.3, 0.4) is 0 Å². The third kappa shape index (κ3) is 2.55. The Labute approximate surface area is 103 Å². The van der Waals surface area contributed by atoms with E-state index in [-0.39, 0.29) is 16.6 Å². The van der Waals surface area contributed by atoms with E-state index >= 15 is 0 Å². The van der Waals surface area contributed by atoms with Gasteiger partial charge in [0.05, 0.1) is 12.7 Å². The second kappa shape index (κ2) is 4.71. The molecule has 90 valence electrons. The molecule has 0 saturated heterocycles. The molecule has 0 amide bonds. The molecule has 0 N–H and O–H groups in total. The van der Waals surface area contributed by atoms with Crippen LogP contribution in [-0.4, -0.2) is 14.7 Å². The predicted molar refractivity (Wildman–Crippen MR) is 63.2 cm³/mol. The molecule has 0 spiro atoms. The molecule has 2 aromatic heterocycles. The summed E-state index contributed by atoms with van der Waals surface area (Å²) in [6.07, 6.45) is 1.54. The largest absolute Gasteiger partial charge is 0.359 e. The van der Waals surface area contributed by atoms with Gasteiger partial charge in [-0.3, -0.25) is 9.36 Å². The molecule has 0 atom stereocenters. The van der Waals surface area contributed by atoms with E-state index in [1.807, 2.05) is 13.8 Å². The SMILES string of the molecule is CC(C)c1nc(Cl)cc(=O)n1Cc1ccno1. The van der Waals surface area contributed by atoms with Gasteiger partial charge in [-0.1, -0.05) is 30.6 Å². The Morgan fingerprint density at radius 3 is 2.88 bits per heavy atom. The quantitative estimate of drug-likeness (QED) is 0.786. The first-order valence-corrected chi connectivity index (χ1v) is 5.62. The molecule has 0 aromatic carbocycles. The van der Waals surface area contributed by atoms with Crippen molar-refractivity contribution in [2.75, 3.05) is 0 Å². The summed E-state index contributed by atoms with van der Waals surface area (Å²) in [5.41, 5.74) is -0.190. The zero-order valence-electron chi connectivity index (χ0n) is 9.55. The number of halogens is 1. The van der Waals surface area contributed by atoms with Crippen molar-refractivity contribution in [3.63, 3.8) is 0 Å². The minimum atomic E-state index is -0.190. The molecular formula is C11H12ClN3O2. The highest BCUT2D eigenvalue weighted by Gasteiger charge is 2.12. The van der Waals surface area contributed by atoms with Crippen molar-refractivity contribution < 1.29 is 4.52 Å². The van der Waals surface area contributed by atoms with E-state index < -0.39 is 0 Å². The van der Waals surface area contributed by atoms with Crippen molar-refractivity contribution >= 4 is 11.6 Å². The lowest BCUT2D eigenvalue weighted by molar-refractivity contribution is 0.371. The van der Waals surface area contributed by atoms with Crippen LogP contribution in [0.5, 0.6) is 0 Å². The normalized spacial score (nSPS) is 11.1. The molecule has 2 rings (SSSR count). The third-order valence-electron chi connectivity index (χ3n) is 2.33. The number of aromatic nitrogens is 3. The topological polar surface area (TPSA) is 60.9 Å². The summed E-state index contributed by atoms with van der Waals surface area (Å²) < 4.78 is 6.53. The fourth-order valence-electron chi connectivity index (χ4n) is 1.57. The number of nitrogens with zero attached hydrogens (tertiary/aromatic N) is 3. The third-order valence-corrected chi connectivity index (χ3v) is 2.52. The Morgan fingerprint density at radius 1 is 1.53 bits per heavy atom. The summed E-state index contributed by atoms with van der Waals surface area (Å²) >= 11 is 5.79. The maximum absolute atomic E-state index is 11.9. The highest BCUT2D eigenvalue weighted by Crippen LogP contribution is 2.14. The maximum atomic E-state index is 11.9. The Kier molecular flexibility index (Phi) is 3.28. The zero-order chi connectivity index (χ0) is 12.4. The summed E-state index contributed by atoms with van der Waals surface area (Å²) in [5, 5.41) is 3.82. The molecule has 2 aromatic rings. The van der Waals surface area contributed by atoms with Gasteiger partial charge < -0.3 is 4.52 Å². The van der Waals surface area contributed by atoms with Gasteiger partial charge in [-0.05, 0) is 0 Å². The van der Waals surface area contributed by atoms with Crippen LogP contribution in [0.4, 0.5) is 0 Å². The van der Waals surface area contributed by atoms with Crippen molar-refractivity contribution in [2.45, 2.75) is 26.3 Å². The molecule has 0 aliphatic carbocycles. The molecule has 2 heterocycles. The van der Waals surface area contributed by atoms with E-state index in [9.17, 15) is 4.79 Å². The van der Waals surface area contributed by atoms with Crippen LogP contribution in [0.15, 0.2) is 27.6 Å². The summed E-state index contributed by atoms with van der Waals surface area (Å²) in [6.45, 7) is 4.22. The van der Waals surface area contributed by atoms with E-state index in [1.54, 1.807) is 12.3 Å². The summed E-state index contributed by atoms with van der Waals surface area (Å²) in [5.74, 6) is 1.35. The number of rotatable bonds is 3. The lowest BCUT2D eigenvalue weighted by Gasteiger charge is -2.13. The van der Waals surface area contributed by atoms with Crippen molar-refractivity contribution in [1.29, 1.82) is 0 Å². The van der Waals surface area contributed by atoms with Gasteiger partial charge in [0.1, 0.15) is 11.0 Å². The summed E-state index contributed by atoms with van der Waals surface area (Å²) in [4.78, 5) is 16.0. The molecule has 0 saturated carbocycles. The Hall–Kier alpha value is -1.62. The Morgan fingerprint density at radius 2 is 2.29 bits per heavy atom. The van der Waals surface area contributed by atoms with Gasteiger partial charge in [0.2, 0.25) is 0 Å². The first kappa shape index (κ1) is 11.9. The molecule has 17 heavy (non-hydrogen) atoms. The summed E-state index contributed by atoms with van der Waals surface area (Å²) in [6, 6.07) is 3.01. The van der Waals surface area contributed by atoms with Gasteiger partial charge in [0.25, 0.3) is 5.56 Å². The van der Waals surface area contributed by atoms with Crippen LogP contribution < -0.4 is 5.56 Å². The van der Waals surface area contributed by atoms with E-state index in [0.717, 1.165) is 0 Å². The van der Waals surface area contributed by atoms with Crippen molar-refractivity contribution in [1.82, 2.24) is 14.7 Å². The molecule has 0 fully saturated rings. The average Bonchev–Trinajstić information content (AvgIpc) is 2.74. The second-order valence-electron chi connectivity index (χ2n) is 3.99. The van der Waals surface area contributed by atoms with Gasteiger partial charge in [-0.2, -0.15) is 0 Å². The molecule has 0 bridgehead atoms. The fraction of sp³-hybridized carbons (Fsp3) is 0.364. The van der Waals surface area contributed by atoms with Crippen molar-refractivity contribution in [2.24, 2.45) is 0 Å². The Bertz CT molecular complexity index is 561. The van der Waals surface area contributed by atoms with Crippen LogP contribution in [0.25, 0.3) is 0 Å². The zero-order valence-corrected chi connectivity index (χ0v) is 10.3. The minimum Gasteiger partial charge on any atom is -0.359 e. The van der Waals surface area contributed by atoms with Crippen LogP contribution in [0.1, 0.15) is 31.4 Å². The van der Waals surface area contributed by atoms with Gasteiger partial charge in [0.15, 0.2) is 5.76 Å². The van der Waals surface area contributed by atoms with Gasteiger partial charge in [-0.25, -0.2) is 4.98 Å². The lowest BCUT2D eigenvalue weighted by atomic mass is 10.2. The smallest absolute Gasteiger partial charge is 0.255 e. The molecule has 0 unspecified atom stereocenters. The van der Waals surface area contributed by atoms with Gasteiger partial charge in [-0.15, -0.1) is 0 Å². The molecule has 6 heteroatoms. The highest BCUT2D eigenvalue weighted by atomic mass is 35.5. The van der Waals surface area contributed by atoms with Crippen LogP contribution in [-0.2, 0) is 6.54 Å². The van der Waals surface area contributed by atoms with Crippen LogP contribution >= 0.6 is 11.6 Å². The minimum absolute atomic E-state index is 0.101. The first-order chi connectivity index (χ1) is 8.08. The van der Waals surface area contributed by atoms with Crippen molar-refractivity contribution in [3.05, 3.63) is 45.4 Å². The van der Waals surface area contributed by atoms with Gasteiger partial charge >= 0.3 is 0 Å². The van der Waals surface area contributed by atoms with Crippen LogP contribution in [0.2, 0.25) is 5.15 Å². The maximum Gasteiger partial charge on any atom is 0.255 e. The monoisotopic (exact) mass is 253 g/mol. The second-order valence-corrected chi connectivity index (χ2v) is 4.38. The van der Waals surface area contributed by atoms with E-state index in [2.05, 4.69) is 10.1 Å². The lowest BCUT2D eigenvalue weighted by Crippen LogP contribution is -2.25. The molecular weight excluding hydrogens is 242 g/mol. The number of hydrogen-bond acceptors (Lipinski definition) is 4. The molecule has 0 radical (unpaired) electrons. The highest BCUT2D eigenvalue weighted by molar-refractivity contribution is 6.29. The first-order valence-electron chi connectivity index (χ1n) is 5.24. The van der Waals surface area contributed by atoms with E-state index in [1.165, 1.54) is 10.6 Å². The fourth-order valence-corrected chi connectivity index (χ4v) is 1.75. The van der Waals surface area contributed by atoms with Gasteiger partial charge in [0, 0.05) is 18.1 Å². The van der Waals surface area contributed by atoms with E-state index in [0.29, 0.717) is 18.1 Å². The molecule has 0 aliphatic heterocycles. The molecule has 5 nitrogen and oxygen atoms in total. The Balaban J connectivity index is 2.48. The predicted octanol–water partition coefficient (Wildman–Crippen LogP) is 2.06. The standard InChI is InChI=1S/C11H12ClN3O2/c1-7(2)11-14-9(12)5-10(16)15(11)6-8-3-4-13-17-8/h3-5,7H,6H2,1-2H3. The van der Waals surface area contributed by atoms with Crippen LogP contribution in [0, 0.1) is 0 Å². The van der Waals surface area contributed by atoms with Crippen molar-refractivity contribution in [3.8, 4) is 0 Å². The van der Waals surface area contributed by atoms with E-state index in [4.69, 9.17) is 16.1 Å². The summed E-state index contributed by atoms with van der Waals surface area (Å²) in [7, 11) is 0. The molecule has 0 aliphatic rings.